The normalized spacial score (nSPS) is 14.1. The van der Waals surface area contributed by atoms with Gasteiger partial charge in [-0.25, -0.2) is 4.79 Å². The molecule has 0 aliphatic heterocycles. The van der Waals surface area contributed by atoms with Gasteiger partial charge in [-0.1, -0.05) is 85.0 Å². The second-order valence-corrected chi connectivity index (χ2v) is 7.83. The van der Waals surface area contributed by atoms with Crippen molar-refractivity contribution in [2.24, 2.45) is 5.92 Å². The first kappa shape index (κ1) is 18.2. The molecule has 3 rings (SSSR count). The number of ether oxygens (including phenoxy) is 1. The molecule has 0 heterocycles. The Labute approximate surface area is 163 Å². The molecule has 2 aromatic rings. The van der Waals surface area contributed by atoms with Crippen LogP contribution in [0.25, 0.3) is 11.1 Å². The number of hydrogen-bond donors (Lipinski definition) is 1. The van der Waals surface area contributed by atoms with E-state index < -0.39 is 0 Å². The summed E-state index contributed by atoms with van der Waals surface area (Å²) in [5.41, 5.74) is 4.97. The number of carbonyl (C=O) groups excluding carboxylic acids is 1. The van der Waals surface area contributed by atoms with E-state index in [1.54, 1.807) is 0 Å². The third kappa shape index (κ3) is 4.17. The fourth-order valence-electron chi connectivity index (χ4n) is 3.54. The van der Waals surface area contributed by atoms with Crippen molar-refractivity contribution < 1.29 is 9.53 Å². The van der Waals surface area contributed by atoms with Gasteiger partial charge in [0.25, 0.3) is 0 Å². The fourth-order valence-corrected chi connectivity index (χ4v) is 4.12. The minimum Gasteiger partial charge on any atom is -0.449 e. The van der Waals surface area contributed by atoms with Crippen LogP contribution in [-0.4, -0.2) is 23.2 Å². The van der Waals surface area contributed by atoms with Crippen LogP contribution in [0.4, 0.5) is 4.79 Å². The van der Waals surface area contributed by atoms with Crippen LogP contribution < -0.4 is 5.32 Å². The zero-order chi connectivity index (χ0) is 17.8. The highest BCUT2D eigenvalue weighted by molar-refractivity contribution is 14.1. The summed E-state index contributed by atoms with van der Waals surface area (Å²) in [4.78, 5) is 12.2. The van der Waals surface area contributed by atoms with Crippen LogP contribution in [0.1, 0.15) is 37.3 Å². The summed E-state index contributed by atoms with van der Waals surface area (Å²) in [5, 5.41) is 3.00. The average molecular weight is 449 g/mol. The first-order valence-electron chi connectivity index (χ1n) is 8.77. The highest BCUT2D eigenvalue weighted by Crippen LogP contribution is 2.44. The van der Waals surface area contributed by atoms with Crippen LogP contribution in [0.3, 0.4) is 0 Å². The molecule has 0 bridgehead atoms. The molecule has 0 saturated heterocycles. The zero-order valence-corrected chi connectivity index (χ0v) is 16.8. The fraction of sp³-hybridized carbons (Fsp3) is 0.381. The van der Waals surface area contributed by atoms with Crippen LogP contribution in [0.2, 0.25) is 0 Å². The molecule has 1 amide bonds. The van der Waals surface area contributed by atoms with Crippen LogP contribution in [0.5, 0.6) is 0 Å². The van der Waals surface area contributed by atoms with Gasteiger partial charge in [0.15, 0.2) is 0 Å². The van der Waals surface area contributed by atoms with Crippen molar-refractivity contribution in [3.63, 3.8) is 0 Å². The standard InChI is InChI=1S/C21H24INO2/c1-14(2)11-15(12-22)23-21(24)25-13-20-18-9-5-3-7-16(18)17-8-4-6-10-19(17)20/h3-10,14-15,20H,11-13H2,1-2H3,(H,23,24)/t15-/m0/s1. The van der Waals surface area contributed by atoms with Crippen molar-refractivity contribution in [3.05, 3.63) is 59.7 Å². The van der Waals surface area contributed by atoms with E-state index in [1.807, 2.05) is 12.1 Å². The third-order valence-corrected chi connectivity index (χ3v) is 5.67. The SMILES string of the molecule is CC(C)C[C@@H](CI)NC(=O)OCC1c2ccccc2-c2ccccc21. The molecular weight excluding hydrogens is 425 g/mol. The van der Waals surface area contributed by atoms with Crippen LogP contribution >= 0.6 is 22.6 Å². The Bertz CT molecular complexity index is 699. The number of alkyl halides is 1. The molecule has 1 atom stereocenters. The summed E-state index contributed by atoms with van der Waals surface area (Å²) >= 11 is 2.31. The number of halogens is 1. The van der Waals surface area contributed by atoms with Crippen molar-refractivity contribution in [1.29, 1.82) is 0 Å². The predicted octanol–water partition coefficient (Wildman–Crippen LogP) is 5.37. The molecule has 0 unspecified atom stereocenters. The monoisotopic (exact) mass is 449 g/mol. The van der Waals surface area contributed by atoms with Gasteiger partial charge in [-0.15, -0.1) is 0 Å². The Kier molecular flexibility index (Phi) is 5.99. The van der Waals surface area contributed by atoms with E-state index in [1.165, 1.54) is 22.3 Å². The zero-order valence-electron chi connectivity index (χ0n) is 14.7. The second kappa shape index (κ2) is 8.21. The van der Waals surface area contributed by atoms with Gasteiger partial charge in [0.05, 0.1) is 0 Å². The Hall–Kier alpha value is -1.56. The maximum Gasteiger partial charge on any atom is 0.407 e. The lowest BCUT2D eigenvalue weighted by Crippen LogP contribution is -2.37. The molecule has 1 N–H and O–H groups in total. The number of nitrogens with one attached hydrogen (secondary N) is 1. The highest BCUT2D eigenvalue weighted by Gasteiger charge is 2.29. The predicted molar refractivity (Wildman–Crippen MR) is 110 cm³/mol. The minimum atomic E-state index is -0.316. The molecule has 0 fully saturated rings. The third-order valence-electron chi connectivity index (χ3n) is 4.61. The van der Waals surface area contributed by atoms with Crippen LogP contribution in [0, 0.1) is 5.92 Å². The summed E-state index contributed by atoms with van der Waals surface area (Å²) in [5.74, 6) is 0.662. The lowest BCUT2D eigenvalue weighted by atomic mass is 9.98. The number of alkyl carbamates (subject to hydrolysis) is 1. The molecule has 0 aromatic heterocycles. The average Bonchev–Trinajstić information content (AvgIpc) is 2.93. The number of benzene rings is 2. The largest absolute Gasteiger partial charge is 0.449 e. The highest BCUT2D eigenvalue weighted by atomic mass is 127. The summed E-state index contributed by atoms with van der Waals surface area (Å²) in [7, 11) is 0. The van der Waals surface area contributed by atoms with Gasteiger partial charge in [0.1, 0.15) is 6.61 Å². The van der Waals surface area contributed by atoms with Gasteiger partial charge >= 0.3 is 6.09 Å². The van der Waals surface area contributed by atoms with E-state index in [4.69, 9.17) is 4.74 Å². The van der Waals surface area contributed by atoms with E-state index in [0.717, 1.165) is 10.8 Å². The maximum absolute atomic E-state index is 12.2. The van der Waals surface area contributed by atoms with Gasteiger partial charge in [-0.3, -0.25) is 0 Å². The van der Waals surface area contributed by atoms with Gasteiger partial charge in [0.2, 0.25) is 0 Å². The molecule has 1 aliphatic carbocycles. The summed E-state index contributed by atoms with van der Waals surface area (Å²) in [6.45, 7) is 4.70. The van der Waals surface area contributed by atoms with Crippen LogP contribution in [0.15, 0.2) is 48.5 Å². The van der Waals surface area contributed by atoms with Gasteiger partial charge in [-0.2, -0.15) is 0 Å². The molecular formula is C21H24INO2. The second-order valence-electron chi connectivity index (χ2n) is 6.95. The Morgan fingerprint density at radius 1 is 1.08 bits per heavy atom. The molecule has 1 aliphatic rings. The Morgan fingerprint density at radius 3 is 2.16 bits per heavy atom. The van der Waals surface area contributed by atoms with Crippen molar-refractivity contribution in [3.8, 4) is 11.1 Å². The summed E-state index contributed by atoms with van der Waals surface area (Å²) in [6.07, 6.45) is 0.650. The van der Waals surface area contributed by atoms with E-state index >= 15 is 0 Å². The first-order valence-corrected chi connectivity index (χ1v) is 10.3. The topological polar surface area (TPSA) is 38.3 Å². The molecule has 3 nitrogen and oxygen atoms in total. The molecule has 25 heavy (non-hydrogen) atoms. The van der Waals surface area contributed by atoms with Crippen molar-refractivity contribution in [2.45, 2.75) is 32.2 Å². The van der Waals surface area contributed by atoms with Gasteiger partial charge in [-0.05, 0) is 34.6 Å². The Morgan fingerprint density at radius 2 is 1.64 bits per heavy atom. The molecule has 2 aromatic carbocycles. The number of hydrogen-bond acceptors (Lipinski definition) is 2. The summed E-state index contributed by atoms with van der Waals surface area (Å²) < 4.78 is 6.49. The molecule has 0 radical (unpaired) electrons. The van der Waals surface area contributed by atoms with Gasteiger partial charge in [0, 0.05) is 16.4 Å². The molecule has 0 spiro atoms. The van der Waals surface area contributed by atoms with Crippen molar-refractivity contribution in [2.75, 3.05) is 11.0 Å². The Balaban J connectivity index is 1.68. The minimum absolute atomic E-state index is 0.112. The molecule has 132 valence electrons. The molecule has 4 heteroatoms. The van der Waals surface area contributed by atoms with Gasteiger partial charge < -0.3 is 10.1 Å². The quantitative estimate of drug-likeness (QED) is 0.476. The van der Waals surface area contributed by atoms with Crippen LogP contribution in [-0.2, 0) is 4.74 Å². The molecule has 0 saturated carbocycles. The lowest BCUT2D eigenvalue weighted by Gasteiger charge is -2.19. The summed E-state index contributed by atoms with van der Waals surface area (Å²) in [6, 6.07) is 16.9. The van der Waals surface area contributed by atoms with E-state index in [0.29, 0.717) is 12.5 Å². The lowest BCUT2D eigenvalue weighted by molar-refractivity contribution is 0.139. The van der Waals surface area contributed by atoms with Crippen molar-refractivity contribution in [1.82, 2.24) is 5.32 Å². The van der Waals surface area contributed by atoms with E-state index in [2.05, 4.69) is 78.2 Å². The van der Waals surface area contributed by atoms with E-state index in [-0.39, 0.29) is 18.1 Å². The smallest absolute Gasteiger partial charge is 0.407 e. The number of amides is 1. The first-order chi connectivity index (χ1) is 12.1. The maximum atomic E-state index is 12.2. The number of carbonyl (C=O) groups is 1. The number of rotatable bonds is 6. The number of fused-ring (bicyclic) bond motifs is 3. The van der Waals surface area contributed by atoms with Crippen molar-refractivity contribution >= 4 is 28.7 Å². The van der Waals surface area contributed by atoms with E-state index in [9.17, 15) is 4.79 Å².